The summed E-state index contributed by atoms with van der Waals surface area (Å²) in [7, 11) is 1.44. The Morgan fingerprint density at radius 1 is 0.810 bits per heavy atom. The largest absolute Gasteiger partial charge is 0.481 e. The van der Waals surface area contributed by atoms with Gasteiger partial charge in [0.1, 0.15) is 0 Å². The number of methoxy groups -OCH3 is 1. The van der Waals surface area contributed by atoms with E-state index in [0.717, 1.165) is 25.7 Å². The molecule has 5 aliphatic rings. The average Bonchev–Trinajstić information content (AvgIpc) is 3.34. The number of esters is 1. The number of rotatable bonds is 4. The number of carboxylic acid groups (broad SMARTS) is 1. The van der Waals surface area contributed by atoms with Crippen molar-refractivity contribution in [1.29, 1.82) is 0 Å². The Labute approximate surface area is 254 Å². The van der Waals surface area contributed by atoms with Crippen LogP contribution in [0.4, 0.5) is 0 Å². The van der Waals surface area contributed by atoms with E-state index in [1.54, 1.807) is 0 Å². The smallest absolute Gasteiger partial charge is 0.337 e. The molecule has 4 nitrogen and oxygen atoms in total. The maximum absolute atomic E-state index is 13.0. The van der Waals surface area contributed by atoms with Crippen LogP contribution in [0.15, 0.2) is 24.3 Å². The number of hydrogen-bond donors (Lipinski definition) is 1. The molecule has 1 aromatic rings. The Kier molecular flexibility index (Phi) is 7.07. The minimum Gasteiger partial charge on any atom is -0.481 e. The van der Waals surface area contributed by atoms with Crippen LogP contribution in [0.25, 0.3) is 0 Å². The summed E-state index contributed by atoms with van der Waals surface area (Å²) < 4.78 is 4.94. The fraction of sp³-hybridized carbons (Fsp3) is 0.789. The highest BCUT2D eigenvalue weighted by Crippen LogP contribution is 2.78. The van der Waals surface area contributed by atoms with Crippen LogP contribution in [0.1, 0.15) is 135 Å². The van der Waals surface area contributed by atoms with Crippen molar-refractivity contribution < 1.29 is 19.4 Å². The highest BCUT2D eigenvalue weighted by Gasteiger charge is 2.72. The molecule has 0 heterocycles. The van der Waals surface area contributed by atoms with Crippen molar-refractivity contribution in [3.63, 3.8) is 0 Å². The molecule has 10 atom stereocenters. The average molecular weight is 577 g/mol. The monoisotopic (exact) mass is 576 g/mol. The molecule has 42 heavy (non-hydrogen) atoms. The first-order valence-electron chi connectivity index (χ1n) is 17.1. The van der Waals surface area contributed by atoms with E-state index < -0.39 is 11.4 Å². The van der Waals surface area contributed by atoms with Gasteiger partial charge in [0, 0.05) is 0 Å². The fourth-order valence-corrected chi connectivity index (χ4v) is 13.3. The Hall–Kier alpha value is -1.84. The Morgan fingerprint density at radius 2 is 1.50 bits per heavy atom. The number of fused-ring (bicyclic) bond motifs is 7. The molecule has 0 radical (unpaired) electrons. The predicted molar refractivity (Wildman–Crippen MR) is 167 cm³/mol. The molecule has 0 saturated heterocycles. The van der Waals surface area contributed by atoms with Crippen LogP contribution in [0.3, 0.4) is 0 Å². The van der Waals surface area contributed by atoms with Gasteiger partial charge in [-0.1, -0.05) is 60.6 Å². The van der Waals surface area contributed by atoms with Gasteiger partial charge >= 0.3 is 11.9 Å². The summed E-state index contributed by atoms with van der Waals surface area (Å²) in [6, 6.07) is 8.23. The third kappa shape index (κ3) is 3.84. The van der Waals surface area contributed by atoms with Crippen LogP contribution in [0, 0.1) is 62.6 Å². The predicted octanol–water partition coefficient (Wildman–Crippen LogP) is 9.38. The van der Waals surface area contributed by atoms with Gasteiger partial charge < -0.3 is 9.84 Å². The van der Waals surface area contributed by atoms with E-state index in [-0.39, 0.29) is 22.2 Å². The first-order chi connectivity index (χ1) is 19.7. The lowest BCUT2D eigenvalue weighted by molar-refractivity contribution is -0.241. The summed E-state index contributed by atoms with van der Waals surface area (Å²) in [6.45, 7) is 17.7. The number of carboxylic acids is 1. The van der Waals surface area contributed by atoms with E-state index in [1.165, 1.54) is 51.2 Å². The molecule has 0 aliphatic heterocycles. The summed E-state index contributed by atoms with van der Waals surface area (Å²) in [5, 5.41) is 10.7. The lowest BCUT2D eigenvalue weighted by Gasteiger charge is -2.73. The second kappa shape index (κ2) is 9.83. The molecular formula is C38H56O4. The maximum atomic E-state index is 13.0. The van der Waals surface area contributed by atoms with Gasteiger partial charge in [0.25, 0.3) is 0 Å². The molecule has 6 rings (SSSR count). The number of ether oxygens (including phenoxy) is 1. The molecule has 10 unspecified atom stereocenters. The molecule has 5 aliphatic carbocycles. The van der Waals surface area contributed by atoms with Crippen LogP contribution < -0.4 is 0 Å². The van der Waals surface area contributed by atoms with Crippen LogP contribution in [0.2, 0.25) is 0 Å². The van der Waals surface area contributed by atoms with Gasteiger partial charge in [-0.3, -0.25) is 4.79 Å². The highest BCUT2D eigenvalue weighted by molar-refractivity contribution is 5.89. The highest BCUT2D eigenvalue weighted by atomic mass is 16.5. The molecule has 0 amide bonds. The zero-order valence-corrected chi connectivity index (χ0v) is 27.6. The first kappa shape index (κ1) is 30.2. The van der Waals surface area contributed by atoms with Crippen molar-refractivity contribution in [2.45, 2.75) is 119 Å². The number of carbonyl (C=O) groups excluding carboxylic acids is 1. The summed E-state index contributed by atoms with van der Waals surface area (Å²) >= 11 is 0. The lowest BCUT2D eigenvalue weighted by Crippen LogP contribution is -2.66. The molecule has 1 aromatic carbocycles. The third-order valence-corrected chi connectivity index (χ3v) is 15.5. The van der Waals surface area contributed by atoms with E-state index in [4.69, 9.17) is 4.74 Å². The van der Waals surface area contributed by atoms with E-state index in [1.807, 2.05) is 12.1 Å². The second-order valence-electron chi connectivity index (χ2n) is 17.1. The van der Waals surface area contributed by atoms with E-state index >= 15 is 0 Å². The van der Waals surface area contributed by atoms with E-state index in [9.17, 15) is 14.7 Å². The minimum atomic E-state index is -0.500. The summed E-state index contributed by atoms with van der Waals surface area (Å²) in [6.07, 6.45) is 11.4. The van der Waals surface area contributed by atoms with Crippen LogP contribution in [0.5, 0.6) is 0 Å². The molecule has 0 bridgehead atoms. The normalized spacial score (nSPS) is 45.7. The van der Waals surface area contributed by atoms with Gasteiger partial charge in [0.15, 0.2) is 0 Å². The summed E-state index contributed by atoms with van der Waals surface area (Å²) in [5.41, 5.74) is 2.40. The molecule has 5 saturated carbocycles. The molecule has 4 heteroatoms. The molecule has 1 N–H and O–H groups in total. The van der Waals surface area contributed by atoms with Crippen molar-refractivity contribution in [3.8, 4) is 0 Å². The zero-order valence-electron chi connectivity index (χ0n) is 27.6. The fourth-order valence-electron chi connectivity index (χ4n) is 13.3. The summed E-state index contributed by atoms with van der Waals surface area (Å²) in [5.74, 6) is 2.99. The first-order valence-corrected chi connectivity index (χ1v) is 17.1. The Balaban J connectivity index is 1.32. The molecule has 232 valence electrons. The topological polar surface area (TPSA) is 63.6 Å². The van der Waals surface area contributed by atoms with E-state index in [2.05, 4.69) is 60.6 Å². The molecule has 0 spiro atoms. The minimum absolute atomic E-state index is 0.165. The van der Waals surface area contributed by atoms with Crippen LogP contribution in [-0.2, 0) is 9.53 Å². The third-order valence-electron chi connectivity index (χ3n) is 15.5. The standard InChI is InChI=1S/C38H56O4/c1-23(2)26-15-20-38(33(40)41)22-21-36(6)28(31(26)38)13-14-30-35(5)18-16-27(24-9-11-25(12-10-24)32(39)42-8)34(3,4)29(35)17-19-37(30,36)7/h9-12,23,26-31H,13-22H2,1-8H3,(H,40,41). The van der Waals surface area contributed by atoms with Gasteiger partial charge in [-0.05, 0) is 145 Å². The van der Waals surface area contributed by atoms with Gasteiger partial charge in [-0.2, -0.15) is 0 Å². The number of carbonyl (C=O) groups is 2. The molecule has 0 aromatic heterocycles. The van der Waals surface area contributed by atoms with Gasteiger partial charge in [-0.25, -0.2) is 4.79 Å². The lowest BCUT2D eigenvalue weighted by atomic mass is 9.31. The van der Waals surface area contributed by atoms with Crippen molar-refractivity contribution >= 4 is 11.9 Å². The van der Waals surface area contributed by atoms with Crippen molar-refractivity contribution in [2.75, 3.05) is 7.11 Å². The van der Waals surface area contributed by atoms with Crippen LogP contribution in [-0.4, -0.2) is 24.2 Å². The SMILES string of the molecule is COC(=O)c1ccc(C2CCC3(C)C(CCC4(C)C3CCC3C5C(C(C)C)CCC5(C(=O)O)CCC34C)C2(C)C)cc1. The van der Waals surface area contributed by atoms with E-state index in [0.29, 0.717) is 52.4 Å². The zero-order chi connectivity index (χ0) is 30.5. The maximum Gasteiger partial charge on any atom is 0.337 e. The van der Waals surface area contributed by atoms with Gasteiger partial charge in [0.2, 0.25) is 0 Å². The molecular weight excluding hydrogens is 520 g/mol. The van der Waals surface area contributed by atoms with Gasteiger partial charge in [0.05, 0.1) is 18.1 Å². The molecule has 5 fully saturated rings. The second-order valence-corrected chi connectivity index (χ2v) is 17.1. The summed E-state index contributed by atoms with van der Waals surface area (Å²) in [4.78, 5) is 25.0. The van der Waals surface area contributed by atoms with Crippen molar-refractivity contribution in [3.05, 3.63) is 35.4 Å². The number of aliphatic carboxylic acids is 1. The van der Waals surface area contributed by atoms with Crippen LogP contribution >= 0.6 is 0 Å². The number of benzene rings is 1. The Bertz CT molecular complexity index is 1230. The quantitative estimate of drug-likeness (QED) is 0.363. The van der Waals surface area contributed by atoms with Crippen molar-refractivity contribution in [2.24, 2.45) is 62.6 Å². The Morgan fingerprint density at radius 3 is 2.12 bits per heavy atom. The van der Waals surface area contributed by atoms with Crippen molar-refractivity contribution in [1.82, 2.24) is 0 Å². The van der Waals surface area contributed by atoms with Gasteiger partial charge in [-0.15, -0.1) is 0 Å². The number of hydrogen-bond acceptors (Lipinski definition) is 3.